The topological polar surface area (TPSA) is 85.0 Å². The molecule has 150 valence electrons. The first kappa shape index (κ1) is 20.0. The van der Waals surface area contributed by atoms with Crippen molar-refractivity contribution in [2.75, 3.05) is 33.4 Å². The van der Waals surface area contributed by atoms with Crippen LogP contribution in [0.2, 0.25) is 0 Å². The number of hydrogen-bond donors (Lipinski definition) is 2. The van der Waals surface area contributed by atoms with E-state index in [4.69, 9.17) is 15.2 Å². The fraction of sp³-hybridized carbons (Fsp3) is 0.667. The number of methoxy groups -OCH3 is 1. The van der Waals surface area contributed by atoms with Gasteiger partial charge < -0.3 is 25.2 Å². The van der Waals surface area contributed by atoms with Crippen molar-refractivity contribution in [1.82, 2.24) is 4.90 Å². The zero-order valence-electron chi connectivity index (χ0n) is 16.8. The average Bonchev–Trinajstić information content (AvgIpc) is 3.39. The monoisotopic (exact) mass is 376 g/mol. The molecule has 6 heteroatoms. The Labute approximate surface area is 161 Å². The number of benzene rings is 1. The van der Waals surface area contributed by atoms with Crippen LogP contribution in [-0.4, -0.2) is 54.9 Å². The molecule has 1 amide bonds. The first-order chi connectivity index (χ1) is 12.7. The molecule has 1 saturated heterocycles. The Morgan fingerprint density at radius 2 is 2.07 bits per heavy atom. The van der Waals surface area contributed by atoms with Gasteiger partial charge in [0, 0.05) is 31.0 Å². The van der Waals surface area contributed by atoms with Gasteiger partial charge in [0.25, 0.3) is 5.91 Å². The van der Waals surface area contributed by atoms with Gasteiger partial charge in [-0.05, 0) is 50.3 Å². The zero-order chi connectivity index (χ0) is 19.8. The number of rotatable bonds is 7. The molecule has 27 heavy (non-hydrogen) atoms. The molecule has 1 aliphatic heterocycles. The summed E-state index contributed by atoms with van der Waals surface area (Å²) >= 11 is 0. The molecule has 1 heterocycles. The highest BCUT2D eigenvalue weighted by Gasteiger charge is 2.46. The van der Waals surface area contributed by atoms with Gasteiger partial charge in [0.15, 0.2) is 11.5 Å². The summed E-state index contributed by atoms with van der Waals surface area (Å²) in [5, 5.41) is 10.1. The average molecular weight is 376 g/mol. The summed E-state index contributed by atoms with van der Waals surface area (Å²) < 4.78 is 11.5. The first-order valence-corrected chi connectivity index (χ1v) is 9.70. The number of carbonyl (C=O) groups excluding carboxylic acids is 1. The standard InChI is InChI=1S/C21H32N2O4/c1-20(2,25)19(24)23-10-16(21(3,12-22)13-23)15-7-8-17(26-4)18(9-15)27-11-14-5-6-14/h7-9,14,16,25H,5-6,10-13,22H2,1-4H3/t16?,21-/m1/s1. The Kier molecular flexibility index (Phi) is 5.41. The van der Waals surface area contributed by atoms with Gasteiger partial charge >= 0.3 is 0 Å². The molecule has 2 fully saturated rings. The Bertz CT molecular complexity index is 696. The Morgan fingerprint density at radius 1 is 1.37 bits per heavy atom. The lowest BCUT2D eigenvalue weighted by molar-refractivity contribution is -0.147. The minimum absolute atomic E-state index is 0.0722. The fourth-order valence-corrected chi connectivity index (χ4v) is 3.82. The van der Waals surface area contributed by atoms with Gasteiger partial charge in [-0.2, -0.15) is 0 Å². The molecule has 1 aromatic carbocycles. The van der Waals surface area contributed by atoms with Crippen LogP contribution in [0.4, 0.5) is 0 Å². The highest BCUT2D eigenvalue weighted by molar-refractivity contribution is 5.84. The van der Waals surface area contributed by atoms with E-state index < -0.39 is 5.60 Å². The molecular formula is C21H32N2O4. The van der Waals surface area contributed by atoms with Crippen LogP contribution in [0.1, 0.15) is 45.1 Å². The molecule has 2 aliphatic rings. The van der Waals surface area contributed by atoms with Crippen LogP contribution in [0, 0.1) is 11.3 Å². The maximum atomic E-state index is 12.6. The number of nitrogens with zero attached hydrogens (tertiary/aromatic N) is 1. The third kappa shape index (κ3) is 4.22. The molecule has 1 unspecified atom stereocenters. The number of ether oxygens (including phenoxy) is 2. The van der Waals surface area contributed by atoms with Crippen molar-refractivity contribution in [2.45, 2.75) is 45.1 Å². The minimum Gasteiger partial charge on any atom is -0.493 e. The molecule has 0 spiro atoms. The maximum absolute atomic E-state index is 12.6. The van der Waals surface area contributed by atoms with Crippen molar-refractivity contribution in [1.29, 1.82) is 0 Å². The van der Waals surface area contributed by atoms with Crippen LogP contribution in [0.3, 0.4) is 0 Å². The lowest BCUT2D eigenvalue weighted by Crippen LogP contribution is -2.45. The number of aliphatic hydroxyl groups is 1. The van der Waals surface area contributed by atoms with E-state index in [0.29, 0.717) is 32.2 Å². The van der Waals surface area contributed by atoms with Crippen LogP contribution >= 0.6 is 0 Å². The number of nitrogens with two attached hydrogens (primary N) is 1. The largest absolute Gasteiger partial charge is 0.493 e. The number of hydrogen-bond acceptors (Lipinski definition) is 5. The van der Waals surface area contributed by atoms with Gasteiger partial charge in [-0.15, -0.1) is 0 Å². The van der Waals surface area contributed by atoms with Gasteiger partial charge in [0.2, 0.25) is 0 Å². The lowest BCUT2D eigenvalue weighted by atomic mass is 9.76. The Balaban J connectivity index is 1.86. The number of likely N-dealkylation sites (tertiary alicyclic amines) is 1. The van der Waals surface area contributed by atoms with Crippen LogP contribution < -0.4 is 15.2 Å². The summed E-state index contributed by atoms with van der Waals surface area (Å²) in [6.07, 6.45) is 2.45. The summed E-state index contributed by atoms with van der Waals surface area (Å²) in [7, 11) is 1.64. The number of carbonyl (C=O) groups is 1. The van der Waals surface area contributed by atoms with E-state index >= 15 is 0 Å². The molecule has 1 aromatic rings. The van der Waals surface area contributed by atoms with Crippen molar-refractivity contribution in [3.05, 3.63) is 23.8 Å². The normalized spacial score (nSPS) is 25.6. The molecule has 0 bridgehead atoms. The number of amides is 1. The predicted molar refractivity (Wildman–Crippen MR) is 104 cm³/mol. The minimum atomic E-state index is -1.39. The highest BCUT2D eigenvalue weighted by Crippen LogP contribution is 2.45. The van der Waals surface area contributed by atoms with E-state index in [1.165, 1.54) is 26.7 Å². The van der Waals surface area contributed by atoms with Gasteiger partial charge in [0.1, 0.15) is 5.60 Å². The van der Waals surface area contributed by atoms with E-state index in [0.717, 1.165) is 17.1 Å². The van der Waals surface area contributed by atoms with Crippen molar-refractivity contribution in [2.24, 2.45) is 17.1 Å². The molecule has 0 radical (unpaired) electrons. The molecule has 6 nitrogen and oxygen atoms in total. The SMILES string of the molecule is COc1ccc(C2CN(C(=O)C(C)(C)O)C[C@@]2(C)CN)cc1OCC1CC1. The lowest BCUT2D eigenvalue weighted by Gasteiger charge is -2.29. The Hall–Kier alpha value is -1.79. The second-order valence-corrected chi connectivity index (χ2v) is 8.82. The third-order valence-corrected chi connectivity index (χ3v) is 5.83. The van der Waals surface area contributed by atoms with E-state index in [9.17, 15) is 9.90 Å². The van der Waals surface area contributed by atoms with E-state index in [1.807, 2.05) is 18.2 Å². The third-order valence-electron chi connectivity index (χ3n) is 5.83. The summed E-state index contributed by atoms with van der Waals surface area (Å²) in [6, 6.07) is 5.98. The van der Waals surface area contributed by atoms with E-state index in [1.54, 1.807) is 12.0 Å². The molecule has 1 aliphatic carbocycles. The molecule has 3 N–H and O–H groups in total. The highest BCUT2D eigenvalue weighted by atomic mass is 16.5. The summed E-state index contributed by atoms with van der Waals surface area (Å²) in [5.74, 6) is 1.93. The van der Waals surface area contributed by atoms with Crippen LogP contribution in [0.25, 0.3) is 0 Å². The maximum Gasteiger partial charge on any atom is 0.253 e. The second kappa shape index (κ2) is 7.32. The van der Waals surface area contributed by atoms with Gasteiger partial charge in [-0.1, -0.05) is 13.0 Å². The van der Waals surface area contributed by atoms with Crippen molar-refractivity contribution < 1.29 is 19.4 Å². The summed E-state index contributed by atoms with van der Waals surface area (Å²) in [6.45, 7) is 7.38. The quantitative estimate of drug-likeness (QED) is 0.762. The molecular weight excluding hydrogens is 344 g/mol. The van der Waals surface area contributed by atoms with Gasteiger partial charge in [-0.25, -0.2) is 0 Å². The van der Waals surface area contributed by atoms with E-state index in [2.05, 4.69) is 6.92 Å². The molecule has 0 aromatic heterocycles. The fourth-order valence-electron chi connectivity index (χ4n) is 3.82. The van der Waals surface area contributed by atoms with Crippen molar-refractivity contribution in [3.8, 4) is 11.5 Å². The molecule has 2 atom stereocenters. The summed E-state index contributed by atoms with van der Waals surface area (Å²) in [4.78, 5) is 14.3. The molecule has 1 saturated carbocycles. The smallest absolute Gasteiger partial charge is 0.253 e. The molecule has 3 rings (SSSR count). The zero-order valence-corrected chi connectivity index (χ0v) is 16.8. The van der Waals surface area contributed by atoms with Crippen molar-refractivity contribution >= 4 is 5.91 Å². The van der Waals surface area contributed by atoms with Crippen LogP contribution in [-0.2, 0) is 4.79 Å². The van der Waals surface area contributed by atoms with Gasteiger partial charge in [0.05, 0.1) is 13.7 Å². The van der Waals surface area contributed by atoms with Crippen LogP contribution in [0.5, 0.6) is 11.5 Å². The summed E-state index contributed by atoms with van der Waals surface area (Å²) in [5.41, 5.74) is 5.55. The Morgan fingerprint density at radius 3 is 2.63 bits per heavy atom. The predicted octanol–water partition coefficient (Wildman–Crippen LogP) is 2.15. The van der Waals surface area contributed by atoms with Crippen LogP contribution in [0.15, 0.2) is 18.2 Å². The van der Waals surface area contributed by atoms with E-state index in [-0.39, 0.29) is 17.2 Å². The van der Waals surface area contributed by atoms with Gasteiger partial charge in [-0.3, -0.25) is 4.79 Å². The first-order valence-electron chi connectivity index (χ1n) is 9.70. The van der Waals surface area contributed by atoms with Crippen molar-refractivity contribution in [3.63, 3.8) is 0 Å². The second-order valence-electron chi connectivity index (χ2n) is 8.82.